The lowest BCUT2D eigenvalue weighted by Gasteiger charge is -2.32. The molecule has 3 rings (SSSR count). The number of hydrogen-bond acceptors (Lipinski definition) is 4. The standard InChI is InChI=1S/C14H14N4O/c15-12-6-8-18(13-4-2-1-3-11(12)13)14(19)10-5-7-16-17-9-10/h1-5,7,9,12H,6,8,15H2. The summed E-state index contributed by atoms with van der Waals surface area (Å²) in [4.78, 5) is 14.2. The average Bonchev–Trinajstić information content (AvgIpc) is 2.48. The van der Waals surface area contributed by atoms with Crippen molar-refractivity contribution >= 4 is 11.6 Å². The molecule has 0 spiro atoms. The maximum absolute atomic E-state index is 12.5. The zero-order valence-electron chi connectivity index (χ0n) is 10.4. The molecule has 1 aliphatic rings. The van der Waals surface area contributed by atoms with Crippen LogP contribution in [0.25, 0.3) is 0 Å². The first-order chi connectivity index (χ1) is 9.27. The van der Waals surface area contributed by atoms with E-state index < -0.39 is 0 Å². The van der Waals surface area contributed by atoms with E-state index in [1.54, 1.807) is 11.0 Å². The Labute approximate surface area is 111 Å². The van der Waals surface area contributed by atoms with E-state index in [1.807, 2.05) is 24.3 Å². The quantitative estimate of drug-likeness (QED) is 0.837. The van der Waals surface area contributed by atoms with Crippen LogP contribution in [0.2, 0.25) is 0 Å². The fraction of sp³-hybridized carbons (Fsp3) is 0.214. The Hall–Kier alpha value is -2.27. The molecule has 0 saturated heterocycles. The van der Waals surface area contributed by atoms with Crippen molar-refractivity contribution < 1.29 is 4.79 Å². The fourth-order valence-corrected chi connectivity index (χ4v) is 2.38. The highest BCUT2D eigenvalue weighted by atomic mass is 16.2. The Balaban J connectivity index is 1.99. The molecule has 2 aromatic rings. The molecule has 1 aromatic carbocycles. The summed E-state index contributed by atoms with van der Waals surface area (Å²) in [5, 5.41) is 7.44. The molecule has 1 aromatic heterocycles. The lowest BCUT2D eigenvalue weighted by atomic mass is 9.97. The zero-order valence-corrected chi connectivity index (χ0v) is 10.4. The van der Waals surface area contributed by atoms with Crippen molar-refractivity contribution in [3.8, 4) is 0 Å². The van der Waals surface area contributed by atoms with Gasteiger partial charge >= 0.3 is 0 Å². The zero-order chi connectivity index (χ0) is 13.2. The molecule has 1 amide bonds. The van der Waals surface area contributed by atoms with Crippen molar-refractivity contribution in [1.82, 2.24) is 10.2 Å². The van der Waals surface area contributed by atoms with Gasteiger partial charge < -0.3 is 10.6 Å². The largest absolute Gasteiger partial charge is 0.324 e. The molecule has 1 aliphatic heterocycles. The second kappa shape index (κ2) is 4.78. The summed E-state index contributed by atoms with van der Waals surface area (Å²) in [7, 11) is 0. The molecule has 5 heteroatoms. The SMILES string of the molecule is NC1CCN(C(=O)c2ccnnc2)c2ccccc21. The predicted molar refractivity (Wildman–Crippen MR) is 71.7 cm³/mol. The molecule has 5 nitrogen and oxygen atoms in total. The van der Waals surface area contributed by atoms with Gasteiger partial charge in [0, 0.05) is 18.3 Å². The Morgan fingerprint density at radius 1 is 1.26 bits per heavy atom. The maximum atomic E-state index is 12.5. The van der Waals surface area contributed by atoms with Gasteiger partial charge in [0.1, 0.15) is 0 Å². The third-order valence-corrected chi connectivity index (χ3v) is 3.37. The molecule has 0 radical (unpaired) electrons. The van der Waals surface area contributed by atoms with Gasteiger partial charge in [-0.2, -0.15) is 10.2 Å². The van der Waals surface area contributed by atoms with Crippen LogP contribution in [0.15, 0.2) is 42.7 Å². The van der Waals surface area contributed by atoms with Crippen LogP contribution in [0.1, 0.15) is 28.4 Å². The van der Waals surface area contributed by atoms with E-state index in [2.05, 4.69) is 10.2 Å². The maximum Gasteiger partial charge on any atom is 0.259 e. The fourth-order valence-electron chi connectivity index (χ4n) is 2.38. The Kier molecular flexibility index (Phi) is 2.97. The Bertz CT molecular complexity index is 599. The van der Waals surface area contributed by atoms with Crippen molar-refractivity contribution in [2.24, 2.45) is 5.73 Å². The predicted octanol–water partition coefficient (Wildman–Crippen LogP) is 1.53. The Morgan fingerprint density at radius 2 is 2.11 bits per heavy atom. The summed E-state index contributed by atoms with van der Waals surface area (Å²) in [5.74, 6) is -0.0609. The third kappa shape index (κ3) is 2.08. The first kappa shape index (κ1) is 11.8. The molecule has 2 N–H and O–H groups in total. The van der Waals surface area contributed by atoms with Gasteiger partial charge in [0.2, 0.25) is 0 Å². The van der Waals surface area contributed by atoms with E-state index in [4.69, 9.17) is 5.73 Å². The summed E-state index contributed by atoms with van der Waals surface area (Å²) in [5.41, 5.74) is 8.54. The molecular weight excluding hydrogens is 240 g/mol. The minimum Gasteiger partial charge on any atom is -0.324 e. The summed E-state index contributed by atoms with van der Waals surface area (Å²) < 4.78 is 0. The minimum atomic E-state index is -0.0609. The first-order valence-electron chi connectivity index (χ1n) is 6.20. The van der Waals surface area contributed by atoms with Crippen LogP contribution in [0.3, 0.4) is 0 Å². The lowest BCUT2D eigenvalue weighted by molar-refractivity contribution is 0.0983. The van der Waals surface area contributed by atoms with Gasteiger partial charge in [-0.25, -0.2) is 0 Å². The first-order valence-corrected chi connectivity index (χ1v) is 6.20. The van der Waals surface area contributed by atoms with Gasteiger partial charge in [-0.15, -0.1) is 0 Å². The van der Waals surface area contributed by atoms with Crippen LogP contribution in [0.4, 0.5) is 5.69 Å². The Morgan fingerprint density at radius 3 is 2.89 bits per heavy atom. The number of para-hydroxylation sites is 1. The van der Waals surface area contributed by atoms with Gasteiger partial charge in [-0.1, -0.05) is 18.2 Å². The van der Waals surface area contributed by atoms with Crippen LogP contribution in [-0.2, 0) is 0 Å². The van der Waals surface area contributed by atoms with Gasteiger partial charge in [0.15, 0.2) is 0 Å². The smallest absolute Gasteiger partial charge is 0.259 e. The van der Waals surface area contributed by atoms with Crippen molar-refractivity contribution in [3.63, 3.8) is 0 Å². The van der Waals surface area contributed by atoms with Crippen molar-refractivity contribution in [2.75, 3.05) is 11.4 Å². The molecule has 1 atom stereocenters. The van der Waals surface area contributed by atoms with Crippen LogP contribution < -0.4 is 10.6 Å². The second-order valence-electron chi connectivity index (χ2n) is 4.54. The molecule has 0 saturated carbocycles. The number of nitrogens with two attached hydrogens (primary N) is 1. The number of hydrogen-bond donors (Lipinski definition) is 1. The van der Waals surface area contributed by atoms with Crippen LogP contribution >= 0.6 is 0 Å². The molecule has 0 bridgehead atoms. The number of aromatic nitrogens is 2. The minimum absolute atomic E-state index is 0.00387. The number of fused-ring (bicyclic) bond motifs is 1. The molecule has 1 unspecified atom stereocenters. The van der Waals surface area contributed by atoms with Crippen molar-refractivity contribution in [2.45, 2.75) is 12.5 Å². The van der Waals surface area contributed by atoms with Crippen LogP contribution in [-0.4, -0.2) is 22.6 Å². The van der Waals surface area contributed by atoms with Gasteiger partial charge in [0.05, 0.1) is 18.0 Å². The van der Waals surface area contributed by atoms with E-state index in [0.29, 0.717) is 12.1 Å². The molecule has 0 aliphatic carbocycles. The number of carbonyl (C=O) groups excluding carboxylic acids is 1. The molecule has 0 fully saturated rings. The van der Waals surface area contributed by atoms with E-state index >= 15 is 0 Å². The molecule has 19 heavy (non-hydrogen) atoms. The topological polar surface area (TPSA) is 72.1 Å². The van der Waals surface area contributed by atoms with E-state index in [9.17, 15) is 4.79 Å². The number of rotatable bonds is 1. The number of benzene rings is 1. The molecule has 2 heterocycles. The van der Waals surface area contributed by atoms with Gasteiger partial charge in [-0.3, -0.25) is 4.79 Å². The van der Waals surface area contributed by atoms with Gasteiger partial charge in [0.25, 0.3) is 5.91 Å². The highest BCUT2D eigenvalue weighted by molar-refractivity contribution is 6.06. The van der Waals surface area contributed by atoms with E-state index in [1.165, 1.54) is 12.4 Å². The second-order valence-corrected chi connectivity index (χ2v) is 4.54. The van der Waals surface area contributed by atoms with Gasteiger partial charge in [-0.05, 0) is 24.1 Å². The van der Waals surface area contributed by atoms with E-state index in [-0.39, 0.29) is 11.9 Å². The summed E-state index contributed by atoms with van der Waals surface area (Å²) in [6.07, 6.45) is 3.77. The highest BCUT2D eigenvalue weighted by Gasteiger charge is 2.27. The normalized spacial score (nSPS) is 17.9. The monoisotopic (exact) mass is 254 g/mol. The lowest BCUT2D eigenvalue weighted by Crippen LogP contribution is -2.38. The summed E-state index contributed by atoms with van der Waals surface area (Å²) in [6, 6.07) is 9.44. The third-order valence-electron chi connectivity index (χ3n) is 3.37. The molecule has 96 valence electrons. The number of anilines is 1. The van der Waals surface area contributed by atoms with Crippen molar-refractivity contribution in [3.05, 3.63) is 53.9 Å². The molecular formula is C14H14N4O. The number of amides is 1. The average molecular weight is 254 g/mol. The summed E-state index contributed by atoms with van der Waals surface area (Å²) in [6.45, 7) is 0.624. The highest BCUT2D eigenvalue weighted by Crippen LogP contribution is 2.32. The number of nitrogens with zero attached hydrogens (tertiary/aromatic N) is 3. The number of carbonyl (C=O) groups is 1. The van der Waals surface area contributed by atoms with E-state index in [0.717, 1.165) is 17.7 Å². The van der Waals surface area contributed by atoms with Crippen LogP contribution in [0, 0.1) is 0 Å². The van der Waals surface area contributed by atoms with Crippen molar-refractivity contribution in [1.29, 1.82) is 0 Å². The summed E-state index contributed by atoms with van der Waals surface area (Å²) >= 11 is 0. The van der Waals surface area contributed by atoms with Crippen LogP contribution in [0.5, 0.6) is 0 Å².